The lowest BCUT2D eigenvalue weighted by atomic mass is 9.80. The van der Waals surface area contributed by atoms with E-state index in [1.54, 1.807) is 0 Å². The third-order valence-electron chi connectivity index (χ3n) is 5.53. The minimum absolute atomic E-state index is 0.138. The second kappa shape index (κ2) is 7.44. The summed E-state index contributed by atoms with van der Waals surface area (Å²) < 4.78 is -0.492. The molecule has 0 atom stereocenters. The average Bonchev–Trinajstić information content (AvgIpc) is 2.67. The summed E-state index contributed by atoms with van der Waals surface area (Å²) >= 11 is 5.30. The van der Waals surface area contributed by atoms with Crippen LogP contribution in [0.2, 0.25) is 0 Å². The van der Waals surface area contributed by atoms with Gasteiger partial charge in [-0.1, -0.05) is 120 Å². The molecule has 0 N–H and O–H groups in total. The van der Waals surface area contributed by atoms with Gasteiger partial charge in [0.1, 0.15) is 0 Å². The van der Waals surface area contributed by atoms with Crippen molar-refractivity contribution in [2.24, 2.45) is 0 Å². The van der Waals surface area contributed by atoms with Crippen LogP contribution >= 0.6 is 12.6 Å². The largest absolute Gasteiger partial charge is 0.158 e. The molecule has 3 aromatic carbocycles. The molecule has 0 heterocycles. The zero-order valence-corrected chi connectivity index (χ0v) is 18.8. The highest BCUT2D eigenvalue weighted by atomic mass is 32.1. The van der Waals surface area contributed by atoms with Gasteiger partial charge in [-0.2, -0.15) is 12.6 Å². The standard InChI is InChI=1S/C27H32S/c1-25(2,3)20-12-16-23(17-13-20)27(28,22-10-8-7-9-11-22)24-18-14-21(15-19-24)26(4,5)6/h7-19,28H,1-6H3. The number of benzene rings is 3. The van der Waals surface area contributed by atoms with Crippen LogP contribution in [0.25, 0.3) is 0 Å². The van der Waals surface area contributed by atoms with Gasteiger partial charge in [0.2, 0.25) is 0 Å². The second-order valence-electron chi connectivity index (χ2n) is 9.73. The lowest BCUT2D eigenvalue weighted by Crippen LogP contribution is -2.23. The predicted octanol–water partition coefficient (Wildman–Crippen LogP) is 7.50. The maximum absolute atomic E-state index is 5.30. The summed E-state index contributed by atoms with van der Waals surface area (Å²) in [5.74, 6) is 0. The molecule has 28 heavy (non-hydrogen) atoms. The Bertz CT molecular complexity index is 848. The highest BCUT2D eigenvalue weighted by molar-refractivity contribution is 7.81. The van der Waals surface area contributed by atoms with E-state index in [2.05, 4.69) is 120 Å². The van der Waals surface area contributed by atoms with Crippen LogP contribution in [-0.4, -0.2) is 0 Å². The van der Waals surface area contributed by atoms with E-state index in [4.69, 9.17) is 12.6 Å². The minimum Gasteiger partial charge on any atom is -0.158 e. The van der Waals surface area contributed by atoms with E-state index >= 15 is 0 Å². The van der Waals surface area contributed by atoms with Crippen molar-refractivity contribution in [1.29, 1.82) is 0 Å². The SMILES string of the molecule is CC(C)(C)c1ccc(C(S)(c2ccccc2)c2ccc(C(C)(C)C)cc2)cc1. The van der Waals surface area contributed by atoms with Crippen LogP contribution in [0.5, 0.6) is 0 Å². The molecule has 0 fully saturated rings. The van der Waals surface area contributed by atoms with Crippen LogP contribution in [0, 0.1) is 0 Å². The van der Waals surface area contributed by atoms with Crippen molar-refractivity contribution in [2.75, 3.05) is 0 Å². The number of hydrogen-bond acceptors (Lipinski definition) is 1. The topological polar surface area (TPSA) is 0 Å². The Kier molecular flexibility index (Phi) is 5.51. The molecule has 146 valence electrons. The first-order valence-electron chi connectivity index (χ1n) is 10.0. The first kappa shape index (κ1) is 20.7. The Balaban J connectivity index is 2.14. The third kappa shape index (κ3) is 4.05. The quantitative estimate of drug-likeness (QED) is 0.348. The van der Waals surface area contributed by atoms with Crippen LogP contribution in [0.15, 0.2) is 78.9 Å². The maximum atomic E-state index is 5.30. The molecule has 0 spiro atoms. The van der Waals surface area contributed by atoms with Crippen LogP contribution < -0.4 is 0 Å². The van der Waals surface area contributed by atoms with Gasteiger partial charge in [-0.25, -0.2) is 0 Å². The number of rotatable bonds is 3. The molecule has 1 heteroatoms. The van der Waals surface area contributed by atoms with Crippen molar-refractivity contribution >= 4 is 12.6 Å². The van der Waals surface area contributed by atoms with Gasteiger partial charge in [0, 0.05) is 0 Å². The molecule has 0 saturated heterocycles. The molecule has 0 nitrogen and oxygen atoms in total. The molecule has 0 aromatic heterocycles. The average molecular weight is 389 g/mol. The third-order valence-corrected chi connectivity index (χ3v) is 6.30. The van der Waals surface area contributed by atoms with Crippen LogP contribution in [0.1, 0.15) is 69.4 Å². The summed E-state index contributed by atoms with van der Waals surface area (Å²) in [6.07, 6.45) is 0. The van der Waals surface area contributed by atoms with Crippen molar-refractivity contribution in [3.05, 3.63) is 107 Å². The van der Waals surface area contributed by atoms with Crippen LogP contribution in [0.3, 0.4) is 0 Å². The van der Waals surface area contributed by atoms with Crippen molar-refractivity contribution in [1.82, 2.24) is 0 Å². The molecule has 3 rings (SSSR count). The number of hydrogen-bond donors (Lipinski definition) is 1. The molecule has 0 aliphatic carbocycles. The maximum Gasteiger partial charge on any atom is 0.0878 e. The summed E-state index contributed by atoms with van der Waals surface area (Å²) in [4.78, 5) is 0. The fraction of sp³-hybridized carbons (Fsp3) is 0.333. The van der Waals surface area contributed by atoms with Gasteiger partial charge in [-0.3, -0.25) is 0 Å². The fourth-order valence-electron chi connectivity index (χ4n) is 3.60. The Labute approximate surface area is 176 Å². The summed E-state index contributed by atoms with van der Waals surface area (Å²) in [6.45, 7) is 13.5. The highest BCUT2D eigenvalue weighted by Crippen LogP contribution is 2.43. The lowest BCUT2D eigenvalue weighted by Gasteiger charge is -2.32. The molecule has 0 saturated carbocycles. The second-order valence-corrected chi connectivity index (χ2v) is 10.4. The van der Waals surface area contributed by atoms with Gasteiger partial charge in [-0.05, 0) is 38.6 Å². The molecule has 0 amide bonds. The minimum atomic E-state index is -0.492. The first-order chi connectivity index (χ1) is 13.0. The zero-order chi connectivity index (χ0) is 20.6. The Hall–Kier alpha value is -1.99. The molecule has 0 bridgehead atoms. The first-order valence-corrected chi connectivity index (χ1v) is 10.5. The smallest absolute Gasteiger partial charge is 0.0878 e. The predicted molar refractivity (Wildman–Crippen MR) is 126 cm³/mol. The Morgan fingerprint density at radius 1 is 0.429 bits per heavy atom. The molecule has 0 radical (unpaired) electrons. The Morgan fingerprint density at radius 2 is 0.714 bits per heavy atom. The Morgan fingerprint density at radius 3 is 1.04 bits per heavy atom. The summed E-state index contributed by atoms with van der Waals surface area (Å²) in [5.41, 5.74) is 6.52. The van der Waals surface area contributed by atoms with Crippen molar-refractivity contribution in [3.8, 4) is 0 Å². The van der Waals surface area contributed by atoms with E-state index in [1.807, 2.05) is 0 Å². The van der Waals surface area contributed by atoms with Gasteiger partial charge in [0.15, 0.2) is 0 Å². The molecule has 0 unspecified atom stereocenters. The van der Waals surface area contributed by atoms with E-state index in [0.717, 1.165) is 0 Å². The van der Waals surface area contributed by atoms with E-state index in [1.165, 1.54) is 27.8 Å². The lowest BCUT2D eigenvalue weighted by molar-refractivity contribution is 0.589. The van der Waals surface area contributed by atoms with Crippen LogP contribution in [-0.2, 0) is 15.6 Å². The van der Waals surface area contributed by atoms with Gasteiger partial charge in [0.05, 0.1) is 4.75 Å². The molecular formula is C27H32S. The summed E-state index contributed by atoms with van der Waals surface area (Å²) in [5, 5.41) is 0. The normalized spacial score (nSPS) is 12.8. The van der Waals surface area contributed by atoms with Gasteiger partial charge >= 0.3 is 0 Å². The summed E-state index contributed by atoms with van der Waals surface area (Å²) in [7, 11) is 0. The molecule has 3 aromatic rings. The van der Waals surface area contributed by atoms with Crippen molar-refractivity contribution in [2.45, 2.75) is 57.1 Å². The van der Waals surface area contributed by atoms with Crippen molar-refractivity contribution in [3.63, 3.8) is 0 Å². The van der Waals surface area contributed by atoms with Gasteiger partial charge in [-0.15, -0.1) is 0 Å². The van der Waals surface area contributed by atoms with Crippen molar-refractivity contribution < 1.29 is 0 Å². The molecule has 0 aliphatic rings. The number of thiol groups is 1. The van der Waals surface area contributed by atoms with Gasteiger partial charge in [0.25, 0.3) is 0 Å². The van der Waals surface area contributed by atoms with E-state index in [9.17, 15) is 0 Å². The summed E-state index contributed by atoms with van der Waals surface area (Å²) in [6, 6.07) is 28.5. The molecule has 0 aliphatic heterocycles. The highest BCUT2D eigenvalue weighted by Gasteiger charge is 2.33. The molecular weight excluding hydrogens is 356 g/mol. The van der Waals surface area contributed by atoms with Crippen LogP contribution in [0.4, 0.5) is 0 Å². The van der Waals surface area contributed by atoms with Gasteiger partial charge < -0.3 is 0 Å². The van der Waals surface area contributed by atoms with E-state index in [0.29, 0.717) is 0 Å². The van der Waals surface area contributed by atoms with E-state index in [-0.39, 0.29) is 10.8 Å². The fourth-order valence-corrected chi connectivity index (χ4v) is 4.05. The zero-order valence-electron chi connectivity index (χ0n) is 18.0. The monoisotopic (exact) mass is 388 g/mol. The van der Waals surface area contributed by atoms with E-state index < -0.39 is 4.75 Å².